The van der Waals surface area contributed by atoms with Crippen molar-refractivity contribution in [3.8, 4) is 0 Å². The maximum atomic E-state index is 11.3. The van der Waals surface area contributed by atoms with Crippen LogP contribution in [0.15, 0.2) is 0 Å². The molecule has 2 N–H and O–H groups in total. The Hall–Kier alpha value is -0.170. The second-order valence-corrected chi connectivity index (χ2v) is 5.31. The van der Waals surface area contributed by atoms with E-state index in [4.69, 9.17) is 9.84 Å². The summed E-state index contributed by atoms with van der Waals surface area (Å²) in [5, 5.41) is 8.65. The maximum Gasteiger partial charge on any atom is 0.214 e. The van der Waals surface area contributed by atoms with Crippen molar-refractivity contribution in [2.75, 3.05) is 19.0 Å². The van der Waals surface area contributed by atoms with Gasteiger partial charge in [0.1, 0.15) is 0 Å². The molecular weight excluding hydrogens is 206 g/mol. The zero-order valence-electron chi connectivity index (χ0n) is 8.86. The van der Waals surface area contributed by atoms with Gasteiger partial charge in [0.15, 0.2) is 0 Å². The van der Waals surface area contributed by atoms with Crippen LogP contribution in [-0.4, -0.2) is 44.6 Å². The van der Waals surface area contributed by atoms with E-state index in [-0.39, 0.29) is 25.1 Å². The van der Waals surface area contributed by atoms with Crippen LogP contribution in [-0.2, 0) is 14.8 Å². The maximum absolute atomic E-state index is 11.3. The van der Waals surface area contributed by atoms with Crippen molar-refractivity contribution in [1.82, 2.24) is 4.72 Å². The summed E-state index contributed by atoms with van der Waals surface area (Å²) < 4.78 is 30.0. The van der Waals surface area contributed by atoms with Gasteiger partial charge in [0.05, 0.1) is 25.1 Å². The molecule has 0 spiro atoms. The first-order valence-electron chi connectivity index (χ1n) is 4.60. The van der Waals surface area contributed by atoms with Gasteiger partial charge < -0.3 is 9.84 Å². The van der Waals surface area contributed by atoms with Crippen LogP contribution in [0.25, 0.3) is 0 Å². The van der Waals surface area contributed by atoms with Crippen LogP contribution < -0.4 is 4.72 Å². The molecule has 0 saturated heterocycles. The Morgan fingerprint density at radius 3 is 2.36 bits per heavy atom. The molecule has 14 heavy (non-hydrogen) atoms. The standard InChI is InChI=1S/C8H19NO4S/c1-7(2)13-4-5-14(11,12)9-8(3)6-10/h7-10H,4-6H2,1-3H3/t8-/m1/s1. The average Bonchev–Trinajstić information content (AvgIpc) is 2.02. The van der Waals surface area contributed by atoms with Crippen molar-refractivity contribution >= 4 is 10.0 Å². The van der Waals surface area contributed by atoms with Crippen LogP contribution in [0.3, 0.4) is 0 Å². The van der Waals surface area contributed by atoms with Gasteiger partial charge in [0.25, 0.3) is 0 Å². The average molecular weight is 225 g/mol. The van der Waals surface area contributed by atoms with Crippen LogP contribution in [0.1, 0.15) is 20.8 Å². The van der Waals surface area contributed by atoms with Crippen molar-refractivity contribution in [1.29, 1.82) is 0 Å². The minimum Gasteiger partial charge on any atom is -0.395 e. The number of hydrogen-bond donors (Lipinski definition) is 2. The summed E-state index contributed by atoms with van der Waals surface area (Å²) in [5.41, 5.74) is 0. The number of hydrogen-bond acceptors (Lipinski definition) is 4. The molecule has 6 heteroatoms. The van der Waals surface area contributed by atoms with Crippen LogP contribution >= 0.6 is 0 Å². The van der Waals surface area contributed by atoms with E-state index in [0.717, 1.165) is 0 Å². The van der Waals surface area contributed by atoms with Gasteiger partial charge in [-0.1, -0.05) is 0 Å². The quantitative estimate of drug-likeness (QED) is 0.624. The molecule has 0 radical (unpaired) electrons. The molecule has 0 aromatic carbocycles. The first-order chi connectivity index (χ1) is 6.37. The van der Waals surface area contributed by atoms with Gasteiger partial charge in [-0.2, -0.15) is 0 Å². The molecule has 86 valence electrons. The highest BCUT2D eigenvalue weighted by atomic mass is 32.2. The Morgan fingerprint density at radius 2 is 1.93 bits per heavy atom. The molecule has 1 atom stereocenters. The van der Waals surface area contributed by atoms with Gasteiger partial charge >= 0.3 is 0 Å². The van der Waals surface area contributed by atoms with E-state index in [0.29, 0.717) is 0 Å². The van der Waals surface area contributed by atoms with Crippen molar-refractivity contribution in [2.45, 2.75) is 32.9 Å². The molecule has 0 heterocycles. The molecule has 0 aliphatic rings. The number of aliphatic hydroxyl groups excluding tert-OH is 1. The minimum atomic E-state index is -3.32. The fourth-order valence-electron chi connectivity index (χ4n) is 0.796. The smallest absolute Gasteiger partial charge is 0.214 e. The number of ether oxygens (including phenoxy) is 1. The Labute approximate surface area is 85.5 Å². The normalized spacial score (nSPS) is 14.6. The van der Waals surface area contributed by atoms with E-state index in [1.54, 1.807) is 6.92 Å². The second-order valence-electron chi connectivity index (χ2n) is 3.44. The molecule has 0 unspecified atom stereocenters. The summed E-state index contributed by atoms with van der Waals surface area (Å²) in [7, 11) is -3.32. The molecule has 5 nitrogen and oxygen atoms in total. The Morgan fingerprint density at radius 1 is 1.36 bits per heavy atom. The van der Waals surface area contributed by atoms with E-state index in [2.05, 4.69) is 4.72 Å². The summed E-state index contributed by atoms with van der Waals surface area (Å²) in [6, 6.07) is -0.445. The van der Waals surface area contributed by atoms with Gasteiger partial charge in [-0.15, -0.1) is 0 Å². The molecule has 0 aliphatic carbocycles. The zero-order valence-corrected chi connectivity index (χ0v) is 9.67. The third-order valence-corrected chi connectivity index (χ3v) is 2.92. The molecule has 0 aliphatic heterocycles. The highest BCUT2D eigenvalue weighted by Gasteiger charge is 2.13. The van der Waals surface area contributed by atoms with Crippen LogP contribution in [0.5, 0.6) is 0 Å². The predicted molar refractivity (Wildman–Crippen MR) is 54.6 cm³/mol. The molecule has 0 saturated carbocycles. The fraction of sp³-hybridized carbons (Fsp3) is 1.00. The minimum absolute atomic E-state index is 0.0282. The van der Waals surface area contributed by atoms with E-state index in [1.807, 2.05) is 13.8 Å². The Balaban J connectivity index is 3.84. The van der Waals surface area contributed by atoms with Crippen molar-refractivity contribution in [2.24, 2.45) is 0 Å². The number of aliphatic hydroxyl groups is 1. The largest absolute Gasteiger partial charge is 0.395 e. The molecule has 0 bridgehead atoms. The van der Waals surface area contributed by atoms with E-state index < -0.39 is 16.1 Å². The summed E-state index contributed by atoms with van der Waals surface area (Å²) in [4.78, 5) is 0. The van der Waals surface area contributed by atoms with Gasteiger partial charge in [0, 0.05) is 6.04 Å². The number of sulfonamides is 1. The van der Waals surface area contributed by atoms with Crippen molar-refractivity contribution < 1.29 is 18.3 Å². The summed E-state index contributed by atoms with van der Waals surface area (Å²) in [5.74, 6) is -0.0739. The number of nitrogens with one attached hydrogen (secondary N) is 1. The molecule has 0 aromatic heterocycles. The van der Waals surface area contributed by atoms with E-state index in [9.17, 15) is 8.42 Å². The third-order valence-electron chi connectivity index (χ3n) is 1.46. The van der Waals surface area contributed by atoms with Crippen LogP contribution in [0, 0.1) is 0 Å². The van der Waals surface area contributed by atoms with Crippen molar-refractivity contribution in [3.63, 3.8) is 0 Å². The Kier molecular flexibility index (Phi) is 6.26. The van der Waals surface area contributed by atoms with Gasteiger partial charge in [-0.25, -0.2) is 13.1 Å². The van der Waals surface area contributed by atoms with Crippen molar-refractivity contribution in [3.05, 3.63) is 0 Å². The molecule has 0 aromatic rings. The third kappa shape index (κ3) is 7.25. The van der Waals surface area contributed by atoms with Crippen LogP contribution in [0.4, 0.5) is 0 Å². The molecular formula is C8H19NO4S. The molecule has 0 rings (SSSR count). The van der Waals surface area contributed by atoms with Gasteiger partial charge in [-0.3, -0.25) is 0 Å². The lowest BCUT2D eigenvalue weighted by atomic mass is 10.4. The molecule has 0 fully saturated rings. The first-order valence-corrected chi connectivity index (χ1v) is 6.25. The Bertz CT molecular complexity index is 238. The van der Waals surface area contributed by atoms with Gasteiger partial charge in [0.2, 0.25) is 10.0 Å². The highest BCUT2D eigenvalue weighted by molar-refractivity contribution is 7.89. The summed E-state index contributed by atoms with van der Waals surface area (Å²) in [6.45, 7) is 5.25. The second kappa shape index (κ2) is 6.34. The molecule has 0 amide bonds. The van der Waals surface area contributed by atoms with Gasteiger partial charge in [-0.05, 0) is 20.8 Å². The topological polar surface area (TPSA) is 75.6 Å². The van der Waals surface area contributed by atoms with E-state index >= 15 is 0 Å². The summed E-state index contributed by atoms with van der Waals surface area (Å²) in [6.07, 6.45) is 0.0282. The van der Waals surface area contributed by atoms with E-state index in [1.165, 1.54) is 0 Å². The SMILES string of the molecule is CC(C)OCCS(=O)(=O)N[C@H](C)CO. The first kappa shape index (κ1) is 13.8. The predicted octanol–water partition coefficient (Wildman–Crippen LogP) is -0.288. The monoisotopic (exact) mass is 225 g/mol. The van der Waals surface area contributed by atoms with Crippen LogP contribution in [0.2, 0.25) is 0 Å². The zero-order chi connectivity index (χ0) is 11.2. The fourth-order valence-corrected chi connectivity index (χ4v) is 1.92. The highest BCUT2D eigenvalue weighted by Crippen LogP contribution is 1.92. The lowest BCUT2D eigenvalue weighted by Crippen LogP contribution is -2.37. The lowest BCUT2D eigenvalue weighted by molar-refractivity contribution is 0.0911. The lowest BCUT2D eigenvalue weighted by Gasteiger charge is -2.12. The number of rotatable bonds is 7. The summed E-state index contributed by atoms with van der Waals surface area (Å²) >= 11 is 0.